The van der Waals surface area contributed by atoms with Gasteiger partial charge in [-0.15, -0.1) is 0 Å². The molecular weight excluding hydrogens is 309 g/mol. The number of hydrogen-bond donors (Lipinski definition) is 1. The van der Waals surface area contributed by atoms with E-state index in [9.17, 15) is 18.0 Å². The Bertz CT molecular complexity index is 548. The second-order valence-electron chi connectivity index (χ2n) is 5.54. The Morgan fingerprint density at radius 3 is 2.65 bits per heavy atom. The zero-order valence-electron chi connectivity index (χ0n) is 13.1. The van der Waals surface area contributed by atoms with Gasteiger partial charge in [-0.3, -0.25) is 0 Å². The van der Waals surface area contributed by atoms with Crippen LogP contribution in [0, 0.1) is 17.5 Å². The van der Waals surface area contributed by atoms with Crippen molar-refractivity contribution in [3.8, 4) is 0 Å². The first-order chi connectivity index (χ1) is 11.0. The fourth-order valence-electron chi connectivity index (χ4n) is 2.53. The molecule has 0 bridgehead atoms. The third-order valence-electron chi connectivity index (χ3n) is 3.89. The van der Waals surface area contributed by atoms with E-state index in [-0.39, 0.29) is 24.2 Å². The van der Waals surface area contributed by atoms with Crippen LogP contribution in [-0.2, 0) is 11.3 Å². The molecule has 1 atom stereocenters. The average molecular weight is 330 g/mol. The molecule has 1 N–H and O–H groups in total. The van der Waals surface area contributed by atoms with E-state index in [1.54, 1.807) is 4.90 Å². The first kappa shape index (κ1) is 17.6. The third-order valence-corrected chi connectivity index (χ3v) is 3.89. The van der Waals surface area contributed by atoms with Gasteiger partial charge in [0, 0.05) is 37.9 Å². The Kier molecular flexibility index (Phi) is 6.27. The number of benzene rings is 1. The molecule has 0 spiro atoms. The fraction of sp³-hybridized carbons (Fsp3) is 0.562. The van der Waals surface area contributed by atoms with E-state index in [4.69, 9.17) is 4.74 Å². The number of nitrogens with zero attached hydrogens (tertiary/aromatic N) is 1. The molecule has 1 heterocycles. The molecule has 0 saturated carbocycles. The van der Waals surface area contributed by atoms with Crippen LogP contribution in [0.4, 0.5) is 18.0 Å². The van der Waals surface area contributed by atoms with E-state index >= 15 is 0 Å². The normalized spacial score (nSPS) is 17.8. The van der Waals surface area contributed by atoms with Crippen molar-refractivity contribution in [3.05, 3.63) is 35.1 Å². The number of hydrogen-bond acceptors (Lipinski definition) is 2. The number of likely N-dealkylation sites (N-methyl/N-ethyl adjacent to an activating group) is 1. The Labute approximate surface area is 133 Å². The topological polar surface area (TPSA) is 41.6 Å². The Hall–Kier alpha value is -1.76. The molecule has 23 heavy (non-hydrogen) atoms. The Morgan fingerprint density at radius 1 is 1.26 bits per heavy atom. The molecule has 1 saturated heterocycles. The van der Waals surface area contributed by atoms with E-state index in [0.717, 1.165) is 25.3 Å². The predicted octanol–water partition coefficient (Wildman–Crippen LogP) is 3.20. The minimum atomic E-state index is -1.25. The molecule has 0 unspecified atom stereocenters. The van der Waals surface area contributed by atoms with Crippen molar-refractivity contribution in [1.82, 2.24) is 10.2 Å². The van der Waals surface area contributed by atoms with Crippen LogP contribution in [0.5, 0.6) is 0 Å². The quantitative estimate of drug-likeness (QED) is 0.843. The molecular formula is C16H21F3N2O2. The molecule has 0 aromatic heterocycles. The van der Waals surface area contributed by atoms with Gasteiger partial charge in [-0.05, 0) is 32.3 Å². The summed E-state index contributed by atoms with van der Waals surface area (Å²) in [5, 5.41) is 2.53. The van der Waals surface area contributed by atoms with Gasteiger partial charge in [-0.25, -0.2) is 18.0 Å². The zero-order chi connectivity index (χ0) is 16.8. The fourth-order valence-corrected chi connectivity index (χ4v) is 2.53. The third kappa shape index (κ3) is 4.86. The maximum absolute atomic E-state index is 13.5. The van der Waals surface area contributed by atoms with Crippen LogP contribution in [0.15, 0.2) is 12.1 Å². The van der Waals surface area contributed by atoms with Gasteiger partial charge >= 0.3 is 6.03 Å². The summed E-state index contributed by atoms with van der Waals surface area (Å²) in [4.78, 5) is 13.7. The minimum absolute atomic E-state index is 0.00875. The van der Waals surface area contributed by atoms with Crippen LogP contribution in [-0.4, -0.2) is 36.7 Å². The predicted molar refractivity (Wildman–Crippen MR) is 79.4 cm³/mol. The monoisotopic (exact) mass is 330 g/mol. The summed E-state index contributed by atoms with van der Waals surface area (Å²) in [5.41, 5.74) is -0.0952. The second kappa shape index (κ2) is 8.19. The number of rotatable bonds is 5. The highest BCUT2D eigenvalue weighted by atomic mass is 19.2. The maximum atomic E-state index is 13.5. The van der Waals surface area contributed by atoms with Crippen LogP contribution >= 0.6 is 0 Å². The first-order valence-electron chi connectivity index (χ1n) is 7.79. The first-order valence-corrected chi connectivity index (χ1v) is 7.79. The summed E-state index contributed by atoms with van der Waals surface area (Å²) in [6.45, 7) is 3.27. The SMILES string of the molecule is CCN(C[C@@H]1CCCCO1)C(=O)NCc1cc(F)c(F)cc1F. The lowest BCUT2D eigenvalue weighted by Gasteiger charge is -2.29. The van der Waals surface area contributed by atoms with Crippen molar-refractivity contribution in [2.45, 2.75) is 38.8 Å². The summed E-state index contributed by atoms with van der Waals surface area (Å²) < 4.78 is 45.2. The summed E-state index contributed by atoms with van der Waals surface area (Å²) in [7, 11) is 0. The summed E-state index contributed by atoms with van der Waals surface area (Å²) in [5.74, 6) is -3.27. The lowest BCUT2D eigenvalue weighted by Crippen LogP contribution is -2.44. The largest absolute Gasteiger partial charge is 0.376 e. The summed E-state index contributed by atoms with van der Waals surface area (Å²) in [6.07, 6.45) is 3.02. The molecule has 0 radical (unpaired) electrons. The smallest absolute Gasteiger partial charge is 0.317 e. The summed E-state index contributed by atoms with van der Waals surface area (Å²) >= 11 is 0. The van der Waals surface area contributed by atoms with Crippen LogP contribution in [0.2, 0.25) is 0 Å². The maximum Gasteiger partial charge on any atom is 0.317 e. The van der Waals surface area contributed by atoms with Crippen molar-refractivity contribution < 1.29 is 22.7 Å². The molecule has 1 fully saturated rings. The molecule has 1 aromatic rings. The van der Waals surface area contributed by atoms with E-state index in [1.165, 1.54) is 0 Å². The highest BCUT2D eigenvalue weighted by molar-refractivity contribution is 5.74. The van der Waals surface area contributed by atoms with Crippen molar-refractivity contribution >= 4 is 6.03 Å². The Morgan fingerprint density at radius 2 is 2.00 bits per heavy atom. The van der Waals surface area contributed by atoms with Gasteiger partial charge in [0.1, 0.15) is 5.82 Å². The standard InChI is InChI=1S/C16H21F3N2O2/c1-2-21(10-12-5-3-4-6-23-12)16(22)20-9-11-7-14(18)15(19)8-13(11)17/h7-8,12H,2-6,9-10H2,1H3,(H,20,22)/t12-/m0/s1. The zero-order valence-corrected chi connectivity index (χ0v) is 13.1. The van der Waals surface area contributed by atoms with Crippen LogP contribution in [0.3, 0.4) is 0 Å². The molecule has 0 aliphatic carbocycles. The van der Waals surface area contributed by atoms with Crippen molar-refractivity contribution in [3.63, 3.8) is 0 Å². The molecule has 1 aromatic carbocycles. The number of halogens is 3. The highest BCUT2D eigenvalue weighted by Gasteiger charge is 2.20. The van der Waals surface area contributed by atoms with Gasteiger partial charge in [0.05, 0.1) is 6.10 Å². The molecule has 2 amide bonds. The van der Waals surface area contributed by atoms with E-state index in [0.29, 0.717) is 25.8 Å². The van der Waals surface area contributed by atoms with Gasteiger partial charge in [-0.2, -0.15) is 0 Å². The molecule has 2 rings (SSSR count). The average Bonchev–Trinajstić information content (AvgIpc) is 2.55. The van der Waals surface area contributed by atoms with Crippen molar-refractivity contribution in [2.75, 3.05) is 19.7 Å². The van der Waals surface area contributed by atoms with Gasteiger partial charge < -0.3 is 15.0 Å². The van der Waals surface area contributed by atoms with Crippen molar-refractivity contribution in [2.24, 2.45) is 0 Å². The lowest BCUT2D eigenvalue weighted by molar-refractivity contribution is 0.00132. The second-order valence-corrected chi connectivity index (χ2v) is 5.54. The number of carbonyl (C=O) groups excluding carboxylic acids is 1. The van der Waals surface area contributed by atoms with Gasteiger partial charge in [0.15, 0.2) is 11.6 Å². The van der Waals surface area contributed by atoms with Crippen LogP contribution in [0.1, 0.15) is 31.7 Å². The van der Waals surface area contributed by atoms with Gasteiger partial charge in [0.25, 0.3) is 0 Å². The van der Waals surface area contributed by atoms with Crippen molar-refractivity contribution in [1.29, 1.82) is 0 Å². The van der Waals surface area contributed by atoms with Gasteiger partial charge in [-0.1, -0.05) is 0 Å². The molecule has 128 valence electrons. The number of urea groups is 1. The number of nitrogens with one attached hydrogen (secondary N) is 1. The van der Waals surface area contributed by atoms with E-state index < -0.39 is 17.5 Å². The molecule has 7 heteroatoms. The highest BCUT2D eigenvalue weighted by Crippen LogP contribution is 2.15. The van der Waals surface area contributed by atoms with E-state index in [2.05, 4.69) is 5.32 Å². The molecule has 4 nitrogen and oxygen atoms in total. The van der Waals surface area contributed by atoms with Crippen LogP contribution in [0.25, 0.3) is 0 Å². The number of amides is 2. The molecule has 1 aliphatic rings. The lowest BCUT2D eigenvalue weighted by atomic mass is 10.1. The number of carbonyl (C=O) groups is 1. The number of ether oxygens (including phenoxy) is 1. The molecule has 1 aliphatic heterocycles. The van der Waals surface area contributed by atoms with Gasteiger partial charge in [0.2, 0.25) is 0 Å². The van der Waals surface area contributed by atoms with E-state index in [1.807, 2.05) is 6.92 Å². The Balaban J connectivity index is 1.90. The minimum Gasteiger partial charge on any atom is -0.376 e. The summed E-state index contributed by atoms with van der Waals surface area (Å²) in [6, 6.07) is 0.848. The van der Waals surface area contributed by atoms with Crippen LogP contribution < -0.4 is 5.32 Å².